The molecule has 2 aliphatic rings. The van der Waals surface area contributed by atoms with Gasteiger partial charge >= 0.3 is 10.2 Å². The number of benzene rings is 2. The van der Waals surface area contributed by atoms with Crippen molar-refractivity contribution in [3.8, 4) is 0 Å². The Morgan fingerprint density at radius 3 is 2.56 bits per heavy atom. The average Bonchev–Trinajstić information content (AvgIpc) is 2.89. The summed E-state index contributed by atoms with van der Waals surface area (Å²) < 4.78 is 59.2. The molecule has 4 rings (SSSR count). The van der Waals surface area contributed by atoms with E-state index in [-0.39, 0.29) is 39.9 Å². The van der Waals surface area contributed by atoms with E-state index in [1.165, 1.54) is 12.1 Å². The van der Waals surface area contributed by atoms with E-state index in [1.807, 2.05) is 25.5 Å². The van der Waals surface area contributed by atoms with Gasteiger partial charge < -0.3 is 10.4 Å². The summed E-state index contributed by atoms with van der Waals surface area (Å²) >= 11 is 0. The van der Waals surface area contributed by atoms with Crippen LogP contribution in [0.1, 0.15) is 70.9 Å². The highest BCUT2D eigenvalue weighted by Crippen LogP contribution is 2.44. The number of aliphatic hydroxyl groups is 1. The second kappa shape index (κ2) is 11.3. The van der Waals surface area contributed by atoms with Crippen LogP contribution in [0.15, 0.2) is 57.3 Å². The number of hydrogen-bond donors (Lipinski definition) is 4. The molecule has 41 heavy (non-hydrogen) atoms. The summed E-state index contributed by atoms with van der Waals surface area (Å²) in [6, 6.07) is 10.7. The van der Waals surface area contributed by atoms with Gasteiger partial charge in [-0.2, -0.15) is 16.8 Å². The normalized spacial score (nSPS) is 19.6. The Hall–Kier alpha value is -3.71. The maximum atomic E-state index is 14.0. The fraction of sp³-hybridized carbons (Fsp3) is 0.393. The van der Waals surface area contributed by atoms with Gasteiger partial charge in [0.2, 0.25) is 5.91 Å². The summed E-state index contributed by atoms with van der Waals surface area (Å²) in [6.45, 7) is 7.74. The molecule has 0 saturated heterocycles. The SMILES string of the molecule is CCCCC(=O)NS(=O)(=O)Nc1ccc2c(c1)S(=O)(=O)N=C(C1=C(O)c3ccccc3C(C)(CCC(C)C)C1=O)N2. The van der Waals surface area contributed by atoms with Gasteiger partial charge in [-0.25, -0.2) is 4.72 Å². The Morgan fingerprint density at radius 1 is 1.17 bits per heavy atom. The predicted octanol–water partition coefficient (Wildman–Crippen LogP) is 4.41. The summed E-state index contributed by atoms with van der Waals surface area (Å²) in [6.07, 6.45) is 2.46. The van der Waals surface area contributed by atoms with E-state index in [4.69, 9.17) is 0 Å². The van der Waals surface area contributed by atoms with Gasteiger partial charge in [0.15, 0.2) is 11.6 Å². The van der Waals surface area contributed by atoms with E-state index < -0.39 is 37.3 Å². The van der Waals surface area contributed by atoms with Gasteiger partial charge in [0.1, 0.15) is 16.2 Å². The molecule has 1 aliphatic heterocycles. The van der Waals surface area contributed by atoms with Crippen LogP contribution in [0.2, 0.25) is 0 Å². The highest BCUT2D eigenvalue weighted by Gasteiger charge is 2.46. The smallest absolute Gasteiger partial charge is 0.323 e. The minimum atomic E-state index is -4.44. The Balaban J connectivity index is 1.69. The topological polar surface area (TPSA) is 171 Å². The summed E-state index contributed by atoms with van der Waals surface area (Å²) in [5.41, 5.74) is -0.253. The maximum Gasteiger partial charge on any atom is 0.323 e. The molecule has 1 atom stereocenters. The lowest BCUT2D eigenvalue weighted by Gasteiger charge is -2.36. The van der Waals surface area contributed by atoms with Crippen molar-refractivity contribution in [1.82, 2.24) is 4.72 Å². The largest absolute Gasteiger partial charge is 0.506 e. The number of carbonyl (C=O) groups is 2. The Labute approximate surface area is 240 Å². The molecule has 0 saturated carbocycles. The first-order valence-corrected chi connectivity index (χ1v) is 16.3. The molecule has 0 spiro atoms. The second-order valence-electron chi connectivity index (χ2n) is 10.8. The standard InChI is InChI=1S/C28H34N4O7S2/c1-5-6-11-23(33)31-41(38,39)30-18-12-13-21-22(16-18)40(36,37)32-27(29-21)24-25(34)19-9-7-8-10-20(19)28(4,26(24)35)15-14-17(2)3/h7-10,12-13,16-17,30,34H,5-6,11,14-15H2,1-4H3,(H,29,32)(H,31,33). The first-order valence-electron chi connectivity index (χ1n) is 13.4. The number of unbranched alkanes of at least 4 members (excludes halogenated alkanes) is 1. The number of hydrogen-bond acceptors (Lipinski definition) is 8. The number of Topliss-reactive ketones (excluding diaryl/α,β-unsaturated/α-hetero) is 1. The third-order valence-electron chi connectivity index (χ3n) is 7.18. The summed E-state index contributed by atoms with van der Waals surface area (Å²) in [5, 5.41) is 14.0. The fourth-order valence-corrected chi connectivity index (χ4v) is 6.94. The zero-order valence-electron chi connectivity index (χ0n) is 23.3. The van der Waals surface area contributed by atoms with Crippen LogP contribution >= 0.6 is 0 Å². The van der Waals surface area contributed by atoms with Crippen molar-refractivity contribution in [1.29, 1.82) is 0 Å². The number of anilines is 2. The first kappa shape index (κ1) is 30.3. The van der Waals surface area contributed by atoms with Crippen molar-refractivity contribution in [2.75, 3.05) is 10.0 Å². The molecule has 4 N–H and O–H groups in total. The zero-order chi connectivity index (χ0) is 30.2. The van der Waals surface area contributed by atoms with Crippen molar-refractivity contribution in [2.24, 2.45) is 10.3 Å². The van der Waals surface area contributed by atoms with Crippen LogP contribution in [0.3, 0.4) is 0 Å². The monoisotopic (exact) mass is 602 g/mol. The van der Waals surface area contributed by atoms with Crippen LogP contribution in [0.4, 0.5) is 11.4 Å². The van der Waals surface area contributed by atoms with Crippen molar-refractivity contribution in [3.05, 3.63) is 59.2 Å². The number of amidine groups is 1. The van der Waals surface area contributed by atoms with Crippen LogP contribution in [0.5, 0.6) is 0 Å². The van der Waals surface area contributed by atoms with Crippen molar-refractivity contribution in [3.63, 3.8) is 0 Å². The molecule has 2 aromatic carbocycles. The molecule has 0 aromatic heterocycles. The lowest BCUT2D eigenvalue weighted by molar-refractivity contribution is -0.120. The van der Waals surface area contributed by atoms with E-state index >= 15 is 0 Å². The molecule has 2 aromatic rings. The molecule has 1 amide bonds. The number of nitrogens with zero attached hydrogens (tertiary/aromatic N) is 1. The third kappa shape index (κ3) is 6.15. The molecule has 13 heteroatoms. The van der Waals surface area contributed by atoms with Crippen molar-refractivity contribution < 1.29 is 31.5 Å². The molecular weight excluding hydrogens is 568 g/mol. The van der Waals surface area contributed by atoms with Crippen LogP contribution in [0.25, 0.3) is 5.76 Å². The van der Waals surface area contributed by atoms with Crippen LogP contribution in [0, 0.1) is 5.92 Å². The number of nitrogens with one attached hydrogen (secondary N) is 3. The molecule has 0 bridgehead atoms. The Morgan fingerprint density at radius 2 is 1.88 bits per heavy atom. The first-order chi connectivity index (χ1) is 19.2. The number of ketones is 1. The lowest BCUT2D eigenvalue weighted by atomic mass is 9.66. The minimum Gasteiger partial charge on any atom is -0.506 e. The van der Waals surface area contributed by atoms with Crippen LogP contribution in [-0.4, -0.2) is 39.5 Å². The van der Waals surface area contributed by atoms with E-state index in [2.05, 4.69) is 14.4 Å². The Kier molecular flexibility index (Phi) is 8.33. The number of carbonyl (C=O) groups excluding carboxylic acids is 2. The molecule has 1 unspecified atom stereocenters. The number of fused-ring (bicyclic) bond motifs is 2. The van der Waals surface area contributed by atoms with Gasteiger partial charge in [-0.05, 0) is 55.9 Å². The van der Waals surface area contributed by atoms with Gasteiger partial charge in [-0.1, -0.05) is 51.5 Å². The molecule has 0 radical (unpaired) electrons. The van der Waals surface area contributed by atoms with Gasteiger partial charge in [-0.3, -0.25) is 14.3 Å². The highest BCUT2D eigenvalue weighted by molar-refractivity contribution is 7.91. The molecule has 1 aliphatic carbocycles. The van der Waals surface area contributed by atoms with Gasteiger partial charge in [-0.15, -0.1) is 4.40 Å². The number of aliphatic hydroxyl groups excluding tert-OH is 1. The van der Waals surface area contributed by atoms with Crippen molar-refractivity contribution >= 4 is 54.9 Å². The third-order valence-corrected chi connectivity index (χ3v) is 9.50. The highest BCUT2D eigenvalue weighted by atomic mass is 32.2. The summed E-state index contributed by atoms with van der Waals surface area (Å²) in [5.74, 6) is -1.53. The average molecular weight is 603 g/mol. The van der Waals surface area contributed by atoms with E-state index in [0.29, 0.717) is 36.3 Å². The quantitative estimate of drug-likeness (QED) is 0.310. The molecule has 1 heterocycles. The maximum absolute atomic E-state index is 14.0. The fourth-order valence-electron chi connectivity index (χ4n) is 4.91. The molecule has 220 valence electrons. The predicted molar refractivity (Wildman–Crippen MR) is 157 cm³/mol. The number of amides is 1. The Bertz CT molecular complexity index is 1680. The molecular formula is C28H34N4O7S2. The number of rotatable bonds is 10. The van der Waals surface area contributed by atoms with Gasteiger partial charge in [0.05, 0.1) is 16.8 Å². The van der Waals surface area contributed by atoms with E-state index in [0.717, 1.165) is 12.5 Å². The zero-order valence-corrected chi connectivity index (χ0v) is 24.9. The van der Waals surface area contributed by atoms with Crippen LogP contribution < -0.4 is 14.8 Å². The van der Waals surface area contributed by atoms with Crippen LogP contribution in [-0.2, 0) is 35.2 Å². The van der Waals surface area contributed by atoms with E-state index in [1.54, 1.807) is 31.2 Å². The lowest BCUT2D eigenvalue weighted by Crippen LogP contribution is -2.42. The number of sulfonamides is 1. The second-order valence-corrected chi connectivity index (χ2v) is 13.8. The minimum absolute atomic E-state index is 0.0276. The van der Waals surface area contributed by atoms with Gasteiger partial charge in [0, 0.05) is 12.0 Å². The summed E-state index contributed by atoms with van der Waals surface area (Å²) in [7, 11) is -8.74. The van der Waals surface area contributed by atoms with E-state index in [9.17, 15) is 31.5 Å². The summed E-state index contributed by atoms with van der Waals surface area (Å²) in [4.78, 5) is 25.5. The molecule has 11 nitrogen and oxygen atoms in total. The van der Waals surface area contributed by atoms with Crippen molar-refractivity contribution in [2.45, 2.75) is 70.1 Å². The van der Waals surface area contributed by atoms with Gasteiger partial charge in [0.25, 0.3) is 10.0 Å². The molecule has 0 fully saturated rings.